The van der Waals surface area contributed by atoms with Crippen molar-refractivity contribution in [1.82, 2.24) is 14.9 Å². The van der Waals surface area contributed by atoms with Gasteiger partial charge in [0.05, 0.1) is 0 Å². The summed E-state index contributed by atoms with van der Waals surface area (Å²) in [5, 5.41) is 3.35. The average molecular weight is 355 g/mol. The summed E-state index contributed by atoms with van der Waals surface area (Å²) in [6.07, 6.45) is 0.896. The summed E-state index contributed by atoms with van der Waals surface area (Å²) in [4.78, 5) is 23.9. The van der Waals surface area contributed by atoms with Gasteiger partial charge in [0, 0.05) is 44.5 Å². The number of hydrogen-bond acceptors (Lipinski definition) is 7. The number of fused-ring (bicyclic) bond motifs is 1. The van der Waals surface area contributed by atoms with E-state index in [9.17, 15) is 4.79 Å². The van der Waals surface area contributed by atoms with Crippen molar-refractivity contribution in [2.24, 2.45) is 0 Å². The minimum atomic E-state index is 0.276. The summed E-state index contributed by atoms with van der Waals surface area (Å²) in [5.41, 5.74) is 1.99. The topological polar surface area (TPSA) is 79.8 Å². The highest BCUT2D eigenvalue weighted by Gasteiger charge is 2.18. The molecular formula is C18H21N5O3. The molecule has 1 aromatic carbocycles. The number of rotatable bonds is 5. The summed E-state index contributed by atoms with van der Waals surface area (Å²) < 4.78 is 10.8. The Labute approximate surface area is 151 Å². The van der Waals surface area contributed by atoms with Gasteiger partial charge in [-0.3, -0.25) is 4.79 Å². The maximum atomic E-state index is 10.9. The standard InChI is InChI=1S/C18H21N5O3/c1-13-8-17(19-10-14-2-3-15-16(9-14)26-12-25-15)21-18(20-13)23-6-4-22(11-24)5-7-23/h2-3,8-9,11H,4-7,10,12H2,1H3,(H,19,20,21). The smallest absolute Gasteiger partial charge is 0.231 e. The van der Waals surface area contributed by atoms with E-state index in [-0.39, 0.29) is 6.79 Å². The number of benzene rings is 1. The van der Waals surface area contributed by atoms with Crippen LogP contribution in [0.3, 0.4) is 0 Å². The summed E-state index contributed by atoms with van der Waals surface area (Å²) in [6, 6.07) is 7.83. The lowest BCUT2D eigenvalue weighted by molar-refractivity contribution is -0.118. The van der Waals surface area contributed by atoms with Crippen LogP contribution in [0, 0.1) is 6.92 Å². The molecule has 1 amide bonds. The molecule has 0 spiro atoms. The Kier molecular flexibility index (Phi) is 4.47. The number of nitrogens with zero attached hydrogens (tertiary/aromatic N) is 4. The molecule has 0 unspecified atom stereocenters. The van der Waals surface area contributed by atoms with Crippen molar-refractivity contribution < 1.29 is 14.3 Å². The van der Waals surface area contributed by atoms with Crippen LogP contribution in [0.15, 0.2) is 24.3 Å². The van der Waals surface area contributed by atoms with Crippen molar-refractivity contribution in [2.75, 3.05) is 43.2 Å². The molecule has 8 heteroatoms. The lowest BCUT2D eigenvalue weighted by Gasteiger charge is -2.32. The largest absolute Gasteiger partial charge is 0.454 e. The number of amides is 1. The van der Waals surface area contributed by atoms with Gasteiger partial charge in [-0.2, -0.15) is 4.98 Å². The Morgan fingerprint density at radius 2 is 1.92 bits per heavy atom. The van der Waals surface area contributed by atoms with E-state index in [1.54, 1.807) is 4.90 Å². The van der Waals surface area contributed by atoms with Gasteiger partial charge in [-0.15, -0.1) is 0 Å². The molecule has 0 bridgehead atoms. The number of piperazine rings is 1. The van der Waals surface area contributed by atoms with E-state index in [1.165, 1.54) is 0 Å². The molecule has 2 aromatic rings. The van der Waals surface area contributed by atoms with E-state index in [4.69, 9.17) is 9.47 Å². The molecule has 136 valence electrons. The number of ether oxygens (including phenoxy) is 2. The average Bonchev–Trinajstić information content (AvgIpc) is 3.14. The minimum absolute atomic E-state index is 0.276. The SMILES string of the molecule is Cc1cc(NCc2ccc3c(c2)OCO3)nc(N2CCN(C=O)CC2)n1. The first kappa shape index (κ1) is 16.4. The van der Waals surface area contributed by atoms with Crippen molar-refractivity contribution in [3.8, 4) is 11.5 Å². The van der Waals surface area contributed by atoms with Gasteiger partial charge in [0.25, 0.3) is 0 Å². The molecule has 1 N–H and O–H groups in total. The van der Waals surface area contributed by atoms with Crippen molar-refractivity contribution in [3.05, 3.63) is 35.5 Å². The van der Waals surface area contributed by atoms with Crippen LogP contribution in [0.1, 0.15) is 11.3 Å². The lowest BCUT2D eigenvalue weighted by atomic mass is 10.2. The molecular weight excluding hydrogens is 334 g/mol. The molecule has 2 aliphatic heterocycles. The predicted molar refractivity (Wildman–Crippen MR) is 96.5 cm³/mol. The fraction of sp³-hybridized carbons (Fsp3) is 0.389. The third kappa shape index (κ3) is 3.49. The molecule has 0 aliphatic carbocycles. The first-order valence-corrected chi connectivity index (χ1v) is 8.63. The Morgan fingerprint density at radius 1 is 1.12 bits per heavy atom. The molecule has 0 saturated carbocycles. The second kappa shape index (κ2) is 7.07. The normalized spacial score (nSPS) is 15.9. The van der Waals surface area contributed by atoms with Crippen molar-refractivity contribution in [2.45, 2.75) is 13.5 Å². The highest BCUT2D eigenvalue weighted by atomic mass is 16.7. The zero-order valence-corrected chi connectivity index (χ0v) is 14.6. The molecule has 1 saturated heterocycles. The first-order valence-electron chi connectivity index (χ1n) is 8.63. The first-order chi connectivity index (χ1) is 12.7. The number of nitrogens with one attached hydrogen (secondary N) is 1. The molecule has 0 atom stereocenters. The number of carbonyl (C=O) groups is 1. The number of aryl methyl sites for hydroxylation is 1. The predicted octanol–water partition coefficient (Wildman–Crippen LogP) is 1.40. The molecule has 1 aromatic heterocycles. The van der Waals surface area contributed by atoms with Crippen LogP contribution in [0.4, 0.5) is 11.8 Å². The third-order valence-corrected chi connectivity index (χ3v) is 4.50. The second-order valence-corrected chi connectivity index (χ2v) is 6.36. The quantitative estimate of drug-likeness (QED) is 0.812. The Bertz CT molecular complexity index is 805. The second-order valence-electron chi connectivity index (χ2n) is 6.36. The van der Waals surface area contributed by atoms with Gasteiger partial charge in [0.2, 0.25) is 19.2 Å². The zero-order chi connectivity index (χ0) is 17.9. The molecule has 26 heavy (non-hydrogen) atoms. The highest BCUT2D eigenvalue weighted by Crippen LogP contribution is 2.32. The highest BCUT2D eigenvalue weighted by molar-refractivity contribution is 5.50. The summed E-state index contributed by atoms with van der Waals surface area (Å²) in [5.74, 6) is 3.03. The van der Waals surface area contributed by atoms with Crippen LogP contribution in [0.2, 0.25) is 0 Å². The molecule has 1 fully saturated rings. The summed E-state index contributed by atoms with van der Waals surface area (Å²) >= 11 is 0. The van der Waals surface area contributed by atoms with E-state index in [0.29, 0.717) is 25.6 Å². The van der Waals surface area contributed by atoms with Gasteiger partial charge in [-0.1, -0.05) is 6.07 Å². The third-order valence-electron chi connectivity index (χ3n) is 4.50. The Balaban J connectivity index is 1.44. The molecule has 4 rings (SSSR count). The minimum Gasteiger partial charge on any atom is -0.454 e. The van der Waals surface area contributed by atoms with E-state index in [0.717, 1.165) is 48.1 Å². The van der Waals surface area contributed by atoms with Crippen LogP contribution >= 0.6 is 0 Å². The fourth-order valence-corrected chi connectivity index (χ4v) is 3.06. The zero-order valence-electron chi connectivity index (χ0n) is 14.6. The maximum Gasteiger partial charge on any atom is 0.231 e. The summed E-state index contributed by atoms with van der Waals surface area (Å²) in [7, 11) is 0. The van der Waals surface area contributed by atoms with E-state index < -0.39 is 0 Å². The van der Waals surface area contributed by atoms with Crippen LogP contribution in [-0.4, -0.2) is 54.2 Å². The van der Waals surface area contributed by atoms with Crippen molar-refractivity contribution in [1.29, 1.82) is 0 Å². The van der Waals surface area contributed by atoms with Gasteiger partial charge < -0.3 is 24.6 Å². The maximum absolute atomic E-state index is 10.9. The van der Waals surface area contributed by atoms with Crippen LogP contribution in [0.5, 0.6) is 11.5 Å². The Morgan fingerprint density at radius 3 is 2.73 bits per heavy atom. The lowest BCUT2D eigenvalue weighted by Crippen LogP contribution is -2.46. The van der Waals surface area contributed by atoms with Crippen LogP contribution in [-0.2, 0) is 11.3 Å². The molecule has 8 nitrogen and oxygen atoms in total. The van der Waals surface area contributed by atoms with Gasteiger partial charge >= 0.3 is 0 Å². The van der Waals surface area contributed by atoms with Gasteiger partial charge in [-0.05, 0) is 24.6 Å². The van der Waals surface area contributed by atoms with E-state index in [2.05, 4.69) is 20.2 Å². The number of aromatic nitrogens is 2. The van der Waals surface area contributed by atoms with Crippen molar-refractivity contribution >= 4 is 18.2 Å². The molecule has 2 aliphatic rings. The van der Waals surface area contributed by atoms with E-state index >= 15 is 0 Å². The van der Waals surface area contributed by atoms with Crippen molar-refractivity contribution in [3.63, 3.8) is 0 Å². The molecule has 0 radical (unpaired) electrons. The van der Waals surface area contributed by atoms with Crippen LogP contribution < -0.4 is 19.7 Å². The molecule has 3 heterocycles. The number of anilines is 2. The van der Waals surface area contributed by atoms with Gasteiger partial charge in [0.1, 0.15) is 5.82 Å². The number of hydrogen-bond donors (Lipinski definition) is 1. The monoisotopic (exact) mass is 355 g/mol. The van der Waals surface area contributed by atoms with Gasteiger partial charge in [-0.25, -0.2) is 4.98 Å². The van der Waals surface area contributed by atoms with E-state index in [1.807, 2.05) is 31.2 Å². The van der Waals surface area contributed by atoms with Crippen LogP contribution in [0.25, 0.3) is 0 Å². The Hall–Kier alpha value is -3.03. The fourth-order valence-electron chi connectivity index (χ4n) is 3.06. The number of carbonyl (C=O) groups excluding carboxylic acids is 1. The summed E-state index contributed by atoms with van der Waals surface area (Å²) in [6.45, 7) is 5.73. The van der Waals surface area contributed by atoms with Gasteiger partial charge in [0.15, 0.2) is 11.5 Å².